The molecule has 0 amide bonds. The van der Waals surface area contributed by atoms with Crippen molar-refractivity contribution >= 4 is 16.7 Å². The van der Waals surface area contributed by atoms with Crippen LogP contribution < -0.4 is 10.1 Å². The average Bonchev–Trinajstić information content (AvgIpc) is 2.88. The highest BCUT2D eigenvalue weighted by Gasteiger charge is 2.42. The number of benzene rings is 2. The molecule has 0 aliphatic heterocycles. The van der Waals surface area contributed by atoms with Crippen LogP contribution in [-0.4, -0.2) is 31.4 Å². The Kier molecular flexibility index (Phi) is 14.0. The molecule has 3 rings (SSSR count). The van der Waals surface area contributed by atoms with E-state index in [4.69, 9.17) is 9.47 Å². The summed E-state index contributed by atoms with van der Waals surface area (Å²) in [5.74, 6) is -2.17. The largest absolute Gasteiger partial charge is 0.490 e. The molecule has 2 aromatic carbocycles. The average molecular weight is 552 g/mol. The Labute approximate surface area is 221 Å². The van der Waals surface area contributed by atoms with Gasteiger partial charge in [0.15, 0.2) is 0 Å². The maximum Gasteiger partial charge on any atom is 0.420 e. The van der Waals surface area contributed by atoms with Crippen molar-refractivity contribution in [2.75, 3.05) is 13.2 Å². The van der Waals surface area contributed by atoms with E-state index in [1.54, 1.807) is 13.0 Å². The molecule has 0 atom stereocenters. The minimum absolute atomic E-state index is 0.0429. The van der Waals surface area contributed by atoms with E-state index < -0.39 is 29.9 Å². The number of hydrogen-bond donors (Lipinski definition) is 1. The lowest BCUT2D eigenvalue weighted by Gasteiger charge is -2.31. The summed E-state index contributed by atoms with van der Waals surface area (Å²) in [6, 6.07) is 7.33. The summed E-state index contributed by atoms with van der Waals surface area (Å²) in [6.07, 6.45) is -9.81. The number of alkyl halides is 6. The molecule has 10 heteroatoms. The molecule has 1 aliphatic carbocycles. The van der Waals surface area contributed by atoms with Gasteiger partial charge in [-0.3, -0.25) is 4.79 Å². The minimum atomic E-state index is -4.71. The lowest BCUT2D eigenvalue weighted by molar-refractivity contribution is -0.185. The Morgan fingerprint density at radius 2 is 1.55 bits per heavy atom. The first-order valence-electron chi connectivity index (χ1n) is 13.2. The zero-order chi connectivity index (χ0) is 28.9. The van der Waals surface area contributed by atoms with Gasteiger partial charge in [-0.25, -0.2) is 0 Å². The predicted molar refractivity (Wildman–Crippen MR) is 137 cm³/mol. The van der Waals surface area contributed by atoms with Crippen LogP contribution in [0.4, 0.5) is 26.3 Å². The molecule has 1 fully saturated rings. The van der Waals surface area contributed by atoms with E-state index in [0.717, 1.165) is 0 Å². The van der Waals surface area contributed by atoms with Gasteiger partial charge in [0.1, 0.15) is 11.3 Å². The van der Waals surface area contributed by atoms with E-state index in [1.165, 1.54) is 24.3 Å². The number of halogens is 6. The first kappa shape index (κ1) is 33.5. The van der Waals surface area contributed by atoms with Gasteiger partial charge in [0.25, 0.3) is 0 Å². The van der Waals surface area contributed by atoms with Crippen LogP contribution in [0.5, 0.6) is 5.75 Å². The van der Waals surface area contributed by atoms with Gasteiger partial charge in [-0.05, 0) is 55.0 Å². The fourth-order valence-electron chi connectivity index (χ4n) is 4.28. The summed E-state index contributed by atoms with van der Waals surface area (Å²) in [6.45, 7) is 10.5. The molecule has 0 aromatic heterocycles. The topological polar surface area (TPSA) is 47.6 Å². The van der Waals surface area contributed by atoms with Gasteiger partial charge in [-0.2, -0.15) is 26.3 Å². The Morgan fingerprint density at radius 1 is 0.921 bits per heavy atom. The lowest BCUT2D eigenvalue weighted by atomic mass is 9.87. The second-order valence-electron chi connectivity index (χ2n) is 8.31. The highest BCUT2D eigenvalue weighted by atomic mass is 19.4. The smallest absolute Gasteiger partial charge is 0.420 e. The number of ether oxygens (including phenoxy) is 2. The van der Waals surface area contributed by atoms with E-state index in [-0.39, 0.29) is 62.4 Å². The SMILES string of the molecule is CC.CC.CCOC(=O)CCNCc1cccc2c(C(F)(F)F)c(OC3CCC(C(F)(F)F)CC3)ccc12. The van der Waals surface area contributed by atoms with Crippen molar-refractivity contribution in [3.8, 4) is 5.75 Å². The summed E-state index contributed by atoms with van der Waals surface area (Å²) in [5, 5.41) is 3.37. The third kappa shape index (κ3) is 9.67. The lowest BCUT2D eigenvalue weighted by Crippen LogP contribution is -2.32. The van der Waals surface area contributed by atoms with Crippen LogP contribution >= 0.6 is 0 Å². The van der Waals surface area contributed by atoms with Crippen LogP contribution in [0.1, 0.15) is 77.8 Å². The highest BCUT2D eigenvalue weighted by molar-refractivity contribution is 5.91. The number of fused-ring (bicyclic) bond motifs is 1. The summed E-state index contributed by atoms with van der Waals surface area (Å²) in [7, 11) is 0. The monoisotopic (exact) mass is 551 g/mol. The molecule has 0 spiro atoms. The van der Waals surface area contributed by atoms with Gasteiger partial charge in [-0.1, -0.05) is 52.0 Å². The molecular formula is C28H39F6NO3. The molecule has 2 aromatic rings. The van der Waals surface area contributed by atoms with Gasteiger partial charge in [-0.15, -0.1) is 0 Å². The summed E-state index contributed by atoms with van der Waals surface area (Å²) in [4.78, 5) is 11.4. The summed E-state index contributed by atoms with van der Waals surface area (Å²) < 4.78 is 91.3. The number of carbonyl (C=O) groups excluding carboxylic acids is 1. The molecule has 216 valence electrons. The fraction of sp³-hybridized carbons (Fsp3) is 0.607. The molecule has 0 saturated heterocycles. The van der Waals surface area contributed by atoms with Gasteiger partial charge in [0, 0.05) is 13.1 Å². The standard InChI is InChI=1S/C24H27F6NO3.2C2H6/c1-2-33-21(32)12-13-31-14-15-4-3-5-19-18(15)10-11-20(22(19)24(28,29)30)34-17-8-6-16(7-9-17)23(25,26)27;2*1-2/h3-5,10-11,16-17,31H,2,6-9,12-14H2,1H3;2*1-2H3. The van der Waals surface area contributed by atoms with Crippen LogP contribution in [0.2, 0.25) is 0 Å². The van der Waals surface area contributed by atoms with E-state index >= 15 is 0 Å². The van der Waals surface area contributed by atoms with E-state index in [2.05, 4.69) is 5.32 Å². The van der Waals surface area contributed by atoms with Crippen LogP contribution in [0, 0.1) is 5.92 Å². The molecule has 0 unspecified atom stereocenters. The van der Waals surface area contributed by atoms with Crippen molar-refractivity contribution in [3.05, 3.63) is 41.5 Å². The van der Waals surface area contributed by atoms with Crippen LogP contribution in [0.3, 0.4) is 0 Å². The van der Waals surface area contributed by atoms with Gasteiger partial charge >= 0.3 is 18.3 Å². The van der Waals surface area contributed by atoms with Gasteiger partial charge in [0.05, 0.1) is 25.0 Å². The summed E-state index contributed by atoms with van der Waals surface area (Å²) in [5.41, 5.74) is -0.319. The number of carbonyl (C=O) groups is 1. The normalized spacial score (nSPS) is 17.6. The third-order valence-corrected chi connectivity index (χ3v) is 5.95. The number of nitrogens with one attached hydrogen (secondary N) is 1. The first-order valence-corrected chi connectivity index (χ1v) is 13.2. The Morgan fingerprint density at radius 3 is 2.11 bits per heavy atom. The van der Waals surface area contributed by atoms with Gasteiger partial charge < -0.3 is 14.8 Å². The number of rotatable bonds is 8. The maximum absolute atomic E-state index is 14.1. The van der Waals surface area contributed by atoms with E-state index in [9.17, 15) is 31.1 Å². The fourth-order valence-corrected chi connectivity index (χ4v) is 4.28. The van der Waals surface area contributed by atoms with Crippen molar-refractivity contribution in [1.82, 2.24) is 5.32 Å². The maximum atomic E-state index is 14.1. The quantitative estimate of drug-likeness (QED) is 0.203. The molecular weight excluding hydrogens is 512 g/mol. The molecule has 38 heavy (non-hydrogen) atoms. The number of esters is 1. The molecule has 0 radical (unpaired) electrons. The van der Waals surface area contributed by atoms with E-state index in [1.807, 2.05) is 27.7 Å². The zero-order valence-corrected chi connectivity index (χ0v) is 22.7. The molecule has 1 saturated carbocycles. The second kappa shape index (κ2) is 15.8. The molecule has 0 bridgehead atoms. The number of hydrogen-bond acceptors (Lipinski definition) is 4. The van der Waals surface area contributed by atoms with E-state index in [0.29, 0.717) is 17.5 Å². The first-order chi connectivity index (χ1) is 18.0. The second-order valence-corrected chi connectivity index (χ2v) is 8.31. The van der Waals surface area contributed by atoms with Crippen LogP contribution in [-0.2, 0) is 22.3 Å². The highest BCUT2D eigenvalue weighted by Crippen LogP contribution is 2.44. The minimum Gasteiger partial charge on any atom is -0.490 e. The van der Waals surface area contributed by atoms with Crippen LogP contribution in [0.15, 0.2) is 30.3 Å². The predicted octanol–water partition coefficient (Wildman–Crippen LogP) is 8.45. The van der Waals surface area contributed by atoms with Crippen LogP contribution in [0.25, 0.3) is 10.8 Å². The molecule has 0 heterocycles. The van der Waals surface area contributed by atoms with Crippen molar-refractivity contribution in [3.63, 3.8) is 0 Å². The molecule has 4 nitrogen and oxygen atoms in total. The Bertz CT molecular complexity index is 983. The Balaban J connectivity index is 0.00000172. The van der Waals surface area contributed by atoms with Crippen molar-refractivity contribution in [2.24, 2.45) is 5.92 Å². The van der Waals surface area contributed by atoms with Crippen molar-refractivity contribution in [1.29, 1.82) is 0 Å². The third-order valence-electron chi connectivity index (χ3n) is 5.95. The van der Waals surface area contributed by atoms with Gasteiger partial charge in [0.2, 0.25) is 0 Å². The Hall–Kier alpha value is -2.49. The zero-order valence-electron chi connectivity index (χ0n) is 22.7. The van der Waals surface area contributed by atoms with Crippen molar-refractivity contribution in [2.45, 2.75) is 91.7 Å². The summed E-state index contributed by atoms with van der Waals surface area (Å²) >= 11 is 0. The molecule has 1 aliphatic rings. The van der Waals surface area contributed by atoms with Crippen molar-refractivity contribution < 1.29 is 40.6 Å². The molecule has 1 N–H and O–H groups in total.